The van der Waals surface area contributed by atoms with Crippen LogP contribution >= 0.6 is 11.8 Å². The van der Waals surface area contributed by atoms with E-state index in [0.29, 0.717) is 5.56 Å². The molecule has 0 spiro atoms. The Morgan fingerprint density at radius 2 is 1.93 bits per heavy atom. The first kappa shape index (κ1) is 22.1. The highest BCUT2D eigenvalue weighted by Crippen LogP contribution is 2.28. The lowest BCUT2D eigenvalue weighted by Gasteiger charge is -2.15. The van der Waals surface area contributed by atoms with E-state index >= 15 is 0 Å². The molecule has 0 aliphatic heterocycles. The van der Waals surface area contributed by atoms with E-state index in [2.05, 4.69) is 15.3 Å². The van der Waals surface area contributed by atoms with E-state index < -0.39 is 27.8 Å². The number of nitrogens with zero attached hydrogens (tertiary/aromatic N) is 3. The predicted octanol–water partition coefficient (Wildman–Crippen LogP) is 2.78. The monoisotopic (exact) mass is 434 g/mol. The summed E-state index contributed by atoms with van der Waals surface area (Å²) in [6.45, 7) is 1.63. The van der Waals surface area contributed by atoms with Crippen LogP contribution in [0.2, 0.25) is 0 Å². The van der Waals surface area contributed by atoms with Crippen LogP contribution in [0.5, 0.6) is 0 Å². The lowest BCUT2D eigenvalue weighted by molar-refractivity contribution is -0.141. The molecule has 0 saturated heterocycles. The van der Waals surface area contributed by atoms with Gasteiger partial charge in [0, 0.05) is 26.0 Å². The molecular formula is C16H17F3N4O3S2. The van der Waals surface area contributed by atoms with Crippen LogP contribution in [0.4, 0.5) is 18.9 Å². The zero-order valence-electron chi connectivity index (χ0n) is 15.1. The second-order valence-corrected chi connectivity index (χ2v) is 8.89. The van der Waals surface area contributed by atoms with Gasteiger partial charge >= 0.3 is 6.18 Å². The van der Waals surface area contributed by atoms with Crippen molar-refractivity contribution in [1.82, 2.24) is 14.3 Å². The van der Waals surface area contributed by atoms with Gasteiger partial charge in [0.15, 0.2) is 5.16 Å². The number of aryl methyl sites for hydroxylation is 1. The topological polar surface area (TPSA) is 92.3 Å². The molecule has 2 aromatic rings. The van der Waals surface area contributed by atoms with E-state index in [1.165, 1.54) is 26.2 Å². The minimum absolute atomic E-state index is 0.0455. The number of alkyl halides is 3. The minimum atomic E-state index is -4.60. The molecule has 1 aromatic heterocycles. The molecule has 1 aromatic carbocycles. The van der Waals surface area contributed by atoms with Crippen molar-refractivity contribution in [2.24, 2.45) is 0 Å². The number of carbonyl (C=O) groups excluding carboxylic acids is 1. The molecule has 0 saturated carbocycles. The van der Waals surface area contributed by atoms with Crippen LogP contribution < -0.4 is 5.32 Å². The molecule has 2 rings (SSSR count). The van der Waals surface area contributed by atoms with Gasteiger partial charge in [0.05, 0.1) is 10.6 Å². The van der Waals surface area contributed by atoms with Crippen LogP contribution in [0.15, 0.2) is 40.5 Å². The summed E-state index contributed by atoms with van der Waals surface area (Å²) in [7, 11) is -0.900. The fourth-order valence-electron chi connectivity index (χ4n) is 2.05. The van der Waals surface area contributed by atoms with Crippen LogP contribution in [0.25, 0.3) is 0 Å². The molecule has 0 bridgehead atoms. The van der Waals surface area contributed by atoms with Crippen molar-refractivity contribution in [3.05, 3.63) is 41.7 Å². The molecule has 0 unspecified atom stereocenters. The largest absolute Gasteiger partial charge is 0.433 e. The Kier molecular flexibility index (Phi) is 6.67. The smallest absolute Gasteiger partial charge is 0.325 e. The third-order valence-electron chi connectivity index (χ3n) is 3.49. The van der Waals surface area contributed by atoms with Gasteiger partial charge in [-0.2, -0.15) is 13.2 Å². The number of carbonyl (C=O) groups is 1. The number of halogens is 3. The van der Waals surface area contributed by atoms with Gasteiger partial charge in [-0.1, -0.05) is 17.8 Å². The van der Waals surface area contributed by atoms with Gasteiger partial charge in [-0.05, 0) is 30.7 Å². The summed E-state index contributed by atoms with van der Waals surface area (Å²) in [5.74, 6) is -0.784. The average Bonchev–Trinajstić information content (AvgIpc) is 2.61. The van der Waals surface area contributed by atoms with Gasteiger partial charge in [-0.25, -0.2) is 22.7 Å². The number of benzene rings is 1. The third-order valence-corrected chi connectivity index (χ3v) is 6.31. The van der Waals surface area contributed by atoms with Gasteiger partial charge in [0.1, 0.15) is 5.69 Å². The van der Waals surface area contributed by atoms with Crippen molar-refractivity contribution >= 4 is 33.4 Å². The Morgan fingerprint density at radius 1 is 1.25 bits per heavy atom. The summed E-state index contributed by atoms with van der Waals surface area (Å²) in [6.07, 6.45) is -3.63. The number of anilines is 1. The quantitative estimate of drug-likeness (QED) is 0.555. The molecule has 1 amide bonds. The Bertz CT molecular complexity index is 979. The summed E-state index contributed by atoms with van der Waals surface area (Å²) >= 11 is 0.735. The molecule has 28 heavy (non-hydrogen) atoms. The summed E-state index contributed by atoms with van der Waals surface area (Å²) in [4.78, 5) is 19.2. The first-order valence-electron chi connectivity index (χ1n) is 7.77. The van der Waals surface area contributed by atoms with E-state index in [-0.39, 0.29) is 21.5 Å². The van der Waals surface area contributed by atoms with Gasteiger partial charge in [-0.15, -0.1) is 0 Å². The van der Waals surface area contributed by atoms with Crippen LogP contribution in [0.1, 0.15) is 11.3 Å². The molecule has 1 heterocycles. The first-order chi connectivity index (χ1) is 12.9. The summed E-state index contributed by atoms with van der Waals surface area (Å²) in [5.41, 5.74) is -0.331. The summed E-state index contributed by atoms with van der Waals surface area (Å²) in [5, 5.41) is 2.33. The fraction of sp³-hybridized carbons (Fsp3) is 0.312. The number of amides is 1. The summed E-state index contributed by atoms with van der Waals surface area (Å²) < 4.78 is 63.6. The van der Waals surface area contributed by atoms with Crippen LogP contribution in [-0.2, 0) is 21.0 Å². The van der Waals surface area contributed by atoms with E-state index in [1.807, 2.05) is 0 Å². The van der Waals surface area contributed by atoms with Crippen molar-refractivity contribution < 1.29 is 26.4 Å². The molecule has 152 valence electrons. The molecule has 1 N–H and O–H groups in total. The maximum atomic E-state index is 12.6. The molecular weight excluding hydrogens is 417 g/mol. The zero-order chi connectivity index (χ0) is 21.1. The Balaban J connectivity index is 2.08. The van der Waals surface area contributed by atoms with Gasteiger partial charge in [0.2, 0.25) is 15.9 Å². The maximum absolute atomic E-state index is 12.6. The van der Waals surface area contributed by atoms with Crippen molar-refractivity contribution in [1.29, 1.82) is 0 Å². The maximum Gasteiger partial charge on any atom is 0.433 e. The van der Waals surface area contributed by atoms with E-state index in [0.717, 1.165) is 28.3 Å². The number of rotatable bonds is 6. The van der Waals surface area contributed by atoms with E-state index in [9.17, 15) is 26.4 Å². The summed E-state index contributed by atoms with van der Waals surface area (Å²) in [6, 6.07) is 5.15. The number of aromatic nitrogens is 2. The van der Waals surface area contributed by atoms with Gasteiger partial charge < -0.3 is 5.32 Å². The van der Waals surface area contributed by atoms with Crippen LogP contribution in [-0.4, -0.2) is 48.4 Å². The fourth-order valence-corrected chi connectivity index (χ4v) is 3.82. The standard InChI is InChI=1S/C16H17F3N4O3S2/c1-10-4-5-11(8-12(10)28(25,26)23(2)3)21-14(24)9-27-15-20-7-6-13(22-15)16(17,18)19/h4-8H,9H2,1-3H3,(H,21,24). The second-order valence-electron chi connectivity index (χ2n) is 5.83. The van der Waals surface area contributed by atoms with Crippen LogP contribution in [0, 0.1) is 6.92 Å². The SMILES string of the molecule is Cc1ccc(NC(=O)CSc2nccc(C(F)(F)F)n2)cc1S(=O)(=O)N(C)C. The second kappa shape index (κ2) is 8.45. The molecule has 7 nitrogen and oxygen atoms in total. The van der Waals surface area contributed by atoms with Crippen molar-refractivity contribution in [3.63, 3.8) is 0 Å². The Labute approximate surface area is 164 Å². The minimum Gasteiger partial charge on any atom is -0.325 e. The lowest BCUT2D eigenvalue weighted by Crippen LogP contribution is -2.23. The third kappa shape index (κ3) is 5.42. The number of sulfonamides is 1. The number of hydrogen-bond donors (Lipinski definition) is 1. The normalized spacial score (nSPS) is 12.2. The molecule has 0 fully saturated rings. The Morgan fingerprint density at radius 3 is 2.54 bits per heavy atom. The highest BCUT2D eigenvalue weighted by Gasteiger charge is 2.32. The highest BCUT2D eigenvalue weighted by molar-refractivity contribution is 7.99. The molecule has 0 aliphatic carbocycles. The lowest BCUT2D eigenvalue weighted by atomic mass is 10.2. The van der Waals surface area contributed by atoms with Gasteiger partial charge in [-0.3, -0.25) is 4.79 Å². The molecule has 12 heteroatoms. The van der Waals surface area contributed by atoms with Crippen LogP contribution in [0.3, 0.4) is 0 Å². The van der Waals surface area contributed by atoms with Gasteiger partial charge in [0.25, 0.3) is 0 Å². The van der Waals surface area contributed by atoms with Crippen molar-refractivity contribution in [2.75, 3.05) is 25.2 Å². The van der Waals surface area contributed by atoms with E-state index in [4.69, 9.17) is 0 Å². The van der Waals surface area contributed by atoms with Crippen molar-refractivity contribution in [2.45, 2.75) is 23.2 Å². The average molecular weight is 434 g/mol. The first-order valence-corrected chi connectivity index (χ1v) is 10.2. The Hall–Kier alpha value is -2.18. The number of thioether (sulfide) groups is 1. The number of hydrogen-bond acceptors (Lipinski definition) is 6. The number of nitrogens with one attached hydrogen (secondary N) is 1. The predicted molar refractivity (Wildman–Crippen MR) is 98.4 cm³/mol. The molecule has 0 atom stereocenters. The molecule has 0 aliphatic rings. The van der Waals surface area contributed by atoms with E-state index in [1.54, 1.807) is 13.0 Å². The van der Waals surface area contributed by atoms with Crippen molar-refractivity contribution in [3.8, 4) is 0 Å². The highest BCUT2D eigenvalue weighted by atomic mass is 32.2. The zero-order valence-corrected chi connectivity index (χ0v) is 16.7. The molecule has 0 radical (unpaired) electrons.